The van der Waals surface area contributed by atoms with Gasteiger partial charge in [-0.25, -0.2) is 31.0 Å². The van der Waals surface area contributed by atoms with Gasteiger partial charge in [0.15, 0.2) is 5.82 Å². The van der Waals surface area contributed by atoms with Crippen LogP contribution in [0.5, 0.6) is 0 Å². The van der Waals surface area contributed by atoms with Crippen molar-refractivity contribution < 1.29 is 39.6 Å². The predicted molar refractivity (Wildman–Crippen MR) is 231 cm³/mol. The number of nitrogens with one attached hydrogen (secondary N) is 2. The number of anilines is 2. The Balaban J connectivity index is 1.24. The summed E-state index contributed by atoms with van der Waals surface area (Å²) in [5, 5.41) is 11.0. The molecule has 338 valence electrons. The third kappa shape index (κ3) is 7.85. The number of nitrogens with zero attached hydrogens (tertiary/aromatic N) is 7. The highest BCUT2D eigenvalue weighted by Crippen LogP contribution is 2.68. The van der Waals surface area contributed by atoms with Gasteiger partial charge in [0.1, 0.15) is 35.4 Å². The Morgan fingerprint density at radius 3 is 2.40 bits per heavy atom. The lowest BCUT2D eigenvalue weighted by Gasteiger charge is -2.28. The number of rotatable bonds is 13. The summed E-state index contributed by atoms with van der Waals surface area (Å²) in [5.74, 6) is -8.97. The van der Waals surface area contributed by atoms with Gasteiger partial charge in [0.2, 0.25) is 15.9 Å². The zero-order valence-electron chi connectivity index (χ0n) is 34.8. The molecule has 21 heteroatoms. The fourth-order valence-electron chi connectivity index (χ4n) is 8.97. The minimum Gasteiger partial charge on any atom is -0.368 e. The van der Waals surface area contributed by atoms with Crippen molar-refractivity contribution in [3.8, 4) is 5.69 Å². The maximum absolute atomic E-state index is 15.6. The molecule has 13 nitrogen and oxygen atoms in total. The summed E-state index contributed by atoms with van der Waals surface area (Å²) in [7, 11) is -0.602. The molecule has 7 aromatic rings. The first-order valence-corrected chi connectivity index (χ1v) is 22.5. The average Bonchev–Trinajstić information content (AvgIpc) is 3.78. The summed E-state index contributed by atoms with van der Waals surface area (Å²) in [6.45, 7) is 1.00. The molecule has 9 rings (SSSR count). The molecule has 2 aliphatic rings. The zero-order chi connectivity index (χ0) is 46.4. The fourth-order valence-corrected chi connectivity index (χ4v) is 9.70. The molecule has 2 aliphatic carbocycles. The summed E-state index contributed by atoms with van der Waals surface area (Å²) >= 11 is 6.66. The monoisotopic (exact) mass is 937 g/mol. The number of aryl methyl sites for hydroxylation is 1. The van der Waals surface area contributed by atoms with E-state index in [4.69, 9.17) is 16.6 Å². The van der Waals surface area contributed by atoms with Crippen molar-refractivity contribution in [2.24, 2.45) is 13.0 Å². The van der Waals surface area contributed by atoms with Crippen LogP contribution in [0.2, 0.25) is 5.02 Å². The SMILES string of the molecule is C[C@@H](c1ccccc1)N(C)c1ccc2c(=O)n(-c3ccc(Cl)c4c(NS(C)(=O)=O)nn(C)c34)c([C@H](Cc3cc(F)cc(F)c3)NC(=O)Cn3nc(C(F)F)c4c3C(F)(F)[C@@H]3C[C@H]43)nc2c1. The van der Waals surface area contributed by atoms with Gasteiger partial charge in [0.25, 0.3) is 17.9 Å². The van der Waals surface area contributed by atoms with E-state index in [0.717, 1.165) is 28.5 Å². The topological polar surface area (TPSA) is 149 Å². The van der Waals surface area contributed by atoms with Gasteiger partial charge in [-0.3, -0.25) is 28.2 Å². The number of amides is 1. The van der Waals surface area contributed by atoms with E-state index in [9.17, 15) is 30.8 Å². The lowest BCUT2D eigenvalue weighted by molar-refractivity contribution is -0.123. The third-order valence-electron chi connectivity index (χ3n) is 12.1. The molecule has 3 heterocycles. The number of hydrogen-bond donors (Lipinski definition) is 2. The number of aromatic nitrogens is 6. The fraction of sp³-hybridized carbons (Fsp3) is 0.295. The molecule has 0 bridgehead atoms. The molecule has 4 aromatic carbocycles. The highest BCUT2D eigenvalue weighted by Gasteiger charge is 2.67. The smallest absolute Gasteiger partial charge is 0.293 e. The van der Waals surface area contributed by atoms with Crippen LogP contribution in [-0.4, -0.2) is 56.7 Å². The maximum Gasteiger partial charge on any atom is 0.293 e. The Morgan fingerprint density at radius 2 is 1.72 bits per heavy atom. The molecule has 2 N–H and O–H groups in total. The third-order valence-corrected chi connectivity index (χ3v) is 12.9. The first-order chi connectivity index (χ1) is 30.7. The number of halogens is 7. The van der Waals surface area contributed by atoms with E-state index in [-0.39, 0.29) is 67.7 Å². The van der Waals surface area contributed by atoms with Crippen LogP contribution in [0.25, 0.3) is 27.5 Å². The van der Waals surface area contributed by atoms with Crippen molar-refractivity contribution in [3.05, 3.63) is 140 Å². The molecular weight excluding hydrogens is 900 g/mol. The first-order valence-electron chi connectivity index (χ1n) is 20.2. The highest BCUT2D eigenvalue weighted by atomic mass is 35.5. The Hall–Kier alpha value is -6.41. The van der Waals surface area contributed by atoms with E-state index >= 15 is 13.6 Å². The van der Waals surface area contributed by atoms with Crippen molar-refractivity contribution in [2.75, 3.05) is 22.9 Å². The van der Waals surface area contributed by atoms with Crippen LogP contribution in [-0.2, 0) is 40.8 Å². The van der Waals surface area contributed by atoms with E-state index in [1.54, 1.807) is 18.2 Å². The van der Waals surface area contributed by atoms with Gasteiger partial charge in [-0.2, -0.15) is 19.0 Å². The largest absolute Gasteiger partial charge is 0.368 e. The summed E-state index contributed by atoms with van der Waals surface area (Å²) in [6, 6.07) is 18.3. The molecule has 0 saturated heterocycles. The lowest BCUT2D eigenvalue weighted by atomic mass is 10.0. The number of hydrogen-bond acceptors (Lipinski definition) is 8. The average molecular weight is 938 g/mol. The van der Waals surface area contributed by atoms with E-state index in [0.29, 0.717) is 16.4 Å². The van der Waals surface area contributed by atoms with E-state index in [1.807, 2.05) is 49.2 Å². The molecule has 0 radical (unpaired) electrons. The summed E-state index contributed by atoms with van der Waals surface area (Å²) in [6.07, 6.45) is -2.75. The number of carbonyl (C=O) groups is 1. The van der Waals surface area contributed by atoms with Crippen LogP contribution in [0.15, 0.2) is 83.7 Å². The molecule has 65 heavy (non-hydrogen) atoms. The van der Waals surface area contributed by atoms with Crippen LogP contribution >= 0.6 is 11.6 Å². The minimum atomic E-state index is -3.91. The number of carbonyl (C=O) groups excluding carboxylic acids is 1. The molecule has 1 amide bonds. The number of sulfonamides is 1. The normalized spacial score (nSPS) is 17.3. The maximum atomic E-state index is 15.6. The van der Waals surface area contributed by atoms with Gasteiger partial charge in [-0.1, -0.05) is 41.9 Å². The van der Waals surface area contributed by atoms with E-state index < -0.39 is 87.7 Å². The van der Waals surface area contributed by atoms with Crippen molar-refractivity contribution in [3.63, 3.8) is 0 Å². The zero-order valence-corrected chi connectivity index (χ0v) is 36.4. The van der Waals surface area contributed by atoms with Gasteiger partial charge in [0.05, 0.1) is 50.9 Å². The van der Waals surface area contributed by atoms with Crippen LogP contribution in [0.4, 0.5) is 37.8 Å². The van der Waals surface area contributed by atoms with Crippen molar-refractivity contribution in [1.29, 1.82) is 0 Å². The predicted octanol–water partition coefficient (Wildman–Crippen LogP) is 8.22. The molecule has 4 atom stereocenters. The standard InChI is InChI=1S/C44H38ClF6N9O4S/c1-21(23-8-6-5-7-9-23)57(2)26-10-11-27-31(18-26)53-42(60(43(27)62)33-13-12-30(45)36-38(33)58(3)55-41(36)56-65(4,63)64)32(16-22-14-24(46)17-25(47)15-22)52-34(61)20-59-39-35(37(54-59)40(48)49)28-19-29(28)44(39,50)51/h5-15,17-18,21,28-29,32,40H,16,19-20H2,1-4H3,(H,52,61)(H,55,56)/t21-,28-,29+,32-/m0/s1. The van der Waals surface area contributed by atoms with Gasteiger partial charge < -0.3 is 10.2 Å². The molecule has 0 spiro atoms. The second-order valence-corrected chi connectivity index (χ2v) is 18.6. The molecule has 0 aliphatic heterocycles. The highest BCUT2D eigenvalue weighted by molar-refractivity contribution is 7.92. The van der Waals surface area contributed by atoms with Crippen molar-refractivity contribution >= 4 is 60.8 Å². The molecule has 1 saturated carbocycles. The van der Waals surface area contributed by atoms with Crippen LogP contribution in [0.3, 0.4) is 0 Å². The van der Waals surface area contributed by atoms with E-state index in [1.165, 1.54) is 23.9 Å². The first kappa shape index (κ1) is 43.8. The number of alkyl halides is 4. The molecular formula is C44H38ClF6N9O4S. The van der Waals surface area contributed by atoms with Crippen LogP contribution < -0.4 is 20.5 Å². The van der Waals surface area contributed by atoms with Crippen LogP contribution in [0.1, 0.15) is 71.7 Å². The Morgan fingerprint density at radius 1 is 1.02 bits per heavy atom. The number of fused-ring (bicyclic) bond motifs is 5. The van der Waals surface area contributed by atoms with Gasteiger partial charge in [0, 0.05) is 43.8 Å². The summed E-state index contributed by atoms with van der Waals surface area (Å²) in [5.41, 5.74) is -0.770. The van der Waals surface area contributed by atoms with Crippen molar-refractivity contribution in [2.45, 2.75) is 56.7 Å². The molecule has 0 unspecified atom stereocenters. The lowest BCUT2D eigenvalue weighted by Crippen LogP contribution is -2.38. The quantitative estimate of drug-likeness (QED) is 0.110. The van der Waals surface area contributed by atoms with E-state index in [2.05, 4.69) is 20.2 Å². The second kappa shape index (κ2) is 15.9. The summed E-state index contributed by atoms with van der Waals surface area (Å²) in [4.78, 5) is 36.3. The summed E-state index contributed by atoms with van der Waals surface area (Å²) < 4.78 is 119. The Bertz CT molecular complexity index is 3230. The molecule has 3 aromatic heterocycles. The Labute approximate surface area is 371 Å². The van der Waals surface area contributed by atoms with Crippen molar-refractivity contribution in [1.82, 2.24) is 34.4 Å². The Kier molecular flexibility index (Phi) is 10.7. The molecule has 1 fully saturated rings. The van der Waals surface area contributed by atoms with Gasteiger partial charge >= 0.3 is 0 Å². The van der Waals surface area contributed by atoms with Gasteiger partial charge in [-0.05, 0) is 72.9 Å². The van der Waals surface area contributed by atoms with Gasteiger partial charge in [-0.15, -0.1) is 0 Å². The second-order valence-electron chi connectivity index (χ2n) is 16.4. The minimum absolute atomic E-state index is 0.00183. The van der Waals surface area contributed by atoms with Crippen LogP contribution in [0, 0.1) is 17.6 Å². The number of benzene rings is 4.